The lowest BCUT2D eigenvalue weighted by molar-refractivity contribution is 0.305. The van der Waals surface area contributed by atoms with Gasteiger partial charge in [-0.15, -0.1) is 0 Å². The summed E-state index contributed by atoms with van der Waals surface area (Å²) in [7, 11) is 0. The van der Waals surface area contributed by atoms with Crippen molar-refractivity contribution in [1.82, 2.24) is 0 Å². The van der Waals surface area contributed by atoms with E-state index in [2.05, 4.69) is 15.9 Å². The van der Waals surface area contributed by atoms with Gasteiger partial charge < -0.3 is 4.74 Å². The fourth-order valence-electron chi connectivity index (χ4n) is 1.50. The third kappa shape index (κ3) is 3.30. The standard InChI is InChI=1S/C14H12BrFO/c1-10-7-13(5-6-14(10)16)17-9-11-3-2-4-12(15)8-11/h2-8H,9H2,1H3. The molecule has 0 radical (unpaired) electrons. The molecule has 0 aromatic heterocycles. The van der Waals surface area contributed by atoms with Gasteiger partial charge in [-0.2, -0.15) is 0 Å². The molecule has 0 fully saturated rings. The summed E-state index contributed by atoms with van der Waals surface area (Å²) >= 11 is 3.40. The van der Waals surface area contributed by atoms with Gasteiger partial charge in [0.1, 0.15) is 18.2 Å². The lowest BCUT2D eigenvalue weighted by atomic mass is 10.2. The van der Waals surface area contributed by atoms with Gasteiger partial charge in [-0.3, -0.25) is 0 Å². The number of benzene rings is 2. The van der Waals surface area contributed by atoms with E-state index in [-0.39, 0.29) is 5.82 Å². The van der Waals surface area contributed by atoms with Gasteiger partial charge in [0.2, 0.25) is 0 Å². The largest absolute Gasteiger partial charge is 0.489 e. The van der Waals surface area contributed by atoms with Crippen LogP contribution in [0, 0.1) is 12.7 Å². The topological polar surface area (TPSA) is 9.23 Å². The molecule has 0 saturated carbocycles. The molecule has 0 spiro atoms. The van der Waals surface area contributed by atoms with Gasteiger partial charge in [0.25, 0.3) is 0 Å². The predicted molar refractivity (Wildman–Crippen MR) is 69.6 cm³/mol. The van der Waals surface area contributed by atoms with Crippen LogP contribution in [0.3, 0.4) is 0 Å². The van der Waals surface area contributed by atoms with Crippen molar-refractivity contribution in [2.45, 2.75) is 13.5 Å². The Hall–Kier alpha value is -1.35. The van der Waals surface area contributed by atoms with Crippen LogP contribution in [-0.2, 0) is 6.61 Å². The van der Waals surface area contributed by atoms with Gasteiger partial charge in [-0.05, 0) is 48.4 Å². The second-order valence-corrected chi connectivity index (χ2v) is 4.75. The summed E-state index contributed by atoms with van der Waals surface area (Å²) in [5.41, 5.74) is 1.66. The van der Waals surface area contributed by atoms with E-state index < -0.39 is 0 Å². The third-order valence-corrected chi connectivity index (χ3v) is 2.92. The molecule has 88 valence electrons. The third-order valence-electron chi connectivity index (χ3n) is 2.42. The van der Waals surface area contributed by atoms with E-state index in [0.717, 1.165) is 10.0 Å². The fourth-order valence-corrected chi connectivity index (χ4v) is 1.95. The minimum Gasteiger partial charge on any atom is -0.489 e. The quantitative estimate of drug-likeness (QED) is 0.811. The van der Waals surface area contributed by atoms with E-state index in [0.29, 0.717) is 17.9 Å². The van der Waals surface area contributed by atoms with Crippen molar-refractivity contribution in [3.8, 4) is 5.75 Å². The molecule has 3 heteroatoms. The first kappa shape index (κ1) is 12.1. The molecular weight excluding hydrogens is 283 g/mol. The van der Waals surface area contributed by atoms with Crippen LogP contribution in [0.5, 0.6) is 5.75 Å². The van der Waals surface area contributed by atoms with E-state index in [1.54, 1.807) is 19.1 Å². The predicted octanol–water partition coefficient (Wildman–Crippen LogP) is 4.48. The first-order chi connectivity index (χ1) is 8.15. The zero-order valence-electron chi connectivity index (χ0n) is 9.41. The lowest BCUT2D eigenvalue weighted by Gasteiger charge is -2.07. The van der Waals surface area contributed by atoms with Crippen molar-refractivity contribution >= 4 is 15.9 Å². The molecule has 0 unspecified atom stereocenters. The van der Waals surface area contributed by atoms with E-state index >= 15 is 0 Å². The molecule has 0 aliphatic rings. The Morgan fingerprint density at radius 3 is 2.71 bits per heavy atom. The number of rotatable bonds is 3. The number of hydrogen-bond acceptors (Lipinski definition) is 1. The maximum atomic E-state index is 13.1. The molecule has 0 heterocycles. The van der Waals surface area contributed by atoms with Crippen LogP contribution >= 0.6 is 15.9 Å². The number of hydrogen-bond donors (Lipinski definition) is 0. The molecule has 0 aliphatic heterocycles. The number of ether oxygens (including phenoxy) is 1. The smallest absolute Gasteiger partial charge is 0.126 e. The molecule has 0 bridgehead atoms. The fraction of sp³-hybridized carbons (Fsp3) is 0.143. The molecule has 0 saturated heterocycles. The Bertz CT molecular complexity index is 525. The summed E-state index contributed by atoms with van der Waals surface area (Å²) in [4.78, 5) is 0. The summed E-state index contributed by atoms with van der Waals surface area (Å²) < 4.78 is 19.7. The van der Waals surface area contributed by atoms with Crippen molar-refractivity contribution < 1.29 is 9.13 Å². The second-order valence-electron chi connectivity index (χ2n) is 3.83. The normalized spacial score (nSPS) is 10.3. The Kier molecular flexibility index (Phi) is 3.79. The minimum absolute atomic E-state index is 0.209. The highest BCUT2D eigenvalue weighted by atomic mass is 79.9. The molecule has 0 amide bonds. The highest BCUT2D eigenvalue weighted by Crippen LogP contribution is 2.18. The van der Waals surface area contributed by atoms with Gasteiger partial charge >= 0.3 is 0 Å². The summed E-state index contributed by atoms with van der Waals surface area (Å²) in [6.07, 6.45) is 0. The van der Waals surface area contributed by atoms with E-state index in [1.165, 1.54) is 6.07 Å². The molecule has 0 atom stereocenters. The van der Waals surface area contributed by atoms with Crippen LogP contribution in [0.25, 0.3) is 0 Å². The van der Waals surface area contributed by atoms with Crippen molar-refractivity contribution in [2.24, 2.45) is 0 Å². The van der Waals surface area contributed by atoms with Crippen LogP contribution in [0.15, 0.2) is 46.9 Å². The Labute approximate surface area is 108 Å². The van der Waals surface area contributed by atoms with Crippen LogP contribution in [0.1, 0.15) is 11.1 Å². The van der Waals surface area contributed by atoms with E-state index in [9.17, 15) is 4.39 Å². The number of aryl methyl sites for hydroxylation is 1. The minimum atomic E-state index is -0.209. The van der Waals surface area contributed by atoms with E-state index in [4.69, 9.17) is 4.74 Å². The first-order valence-corrected chi connectivity index (χ1v) is 6.08. The zero-order chi connectivity index (χ0) is 12.3. The summed E-state index contributed by atoms with van der Waals surface area (Å²) in [6.45, 7) is 2.20. The summed E-state index contributed by atoms with van der Waals surface area (Å²) in [6, 6.07) is 12.7. The molecule has 1 nitrogen and oxygen atoms in total. The van der Waals surface area contributed by atoms with Gasteiger partial charge in [0, 0.05) is 4.47 Å². The molecule has 2 aromatic rings. The average molecular weight is 295 g/mol. The Balaban J connectivity index is 2.05. The maximum absolute atomic E-state index is 13.1. The maximum Gasteiger partial charge on any atom is 0.126 e. The van der Waals surface area contributed by atoms with Crippen molar-refractivity contribution in [2.75, 3.05) is 0 Å². The first-order valence-electron chi connectivity index (χ1n) is 5.28. The Morgan fingerprint density at radius 1 is 1.18 bits per heavy atom. The molecular formula is C14H12BrFO. The molecule has 0 N–H and O–H groups in total. The average Bonchev–Trinajstić information content (AvgIpc) is 2.31. The van der Waals surface area contributed by atoms with Crippen LogP contribution < -0.4 is 4.74 Å². The highest BCUT2D eigenvalue weighted by molar-refractivity contribution is 9.10. The zero-order valence-corrected chi connectivity index (χ0v) is 11.0. The van der Waals surface area contributed by atoms with E-state index in [1.807, 2.05) is 24.3 Å². The molecule has 2 aromatic carbocycles. The number of halogens is 2. The van der Waals surface area contributed by atoms with Crippen LogP contribution in [0.4, 0.5) is 4.39 Å². The summed E-state index contributed by atoms with van der Waals surface area (Å²) in [5, 5.41) is 0. The van der Waals surface area contributed by atoms with Crippen molar-refractivity contribution in [3.05, 3.63) is 63.9 Å². The monoisotopic (exact) mass is 294 g/mol. The van der Waals surface area contributed by atoms with Gasteiger partial charge in [0.15, 0.2) is 0 Å². The summed E-state index contributed by atoms with van der Waals surface area (Å²) in [5.74, 6) is 0.476. The SMILES string of the molecule is Cc1cc(OCc2cccc(Br)c2)ccc1F. The molecule has 17 heavy (non-hydrogen) atoms. The molecule has 2 rings (SSSR count). The Morgan fingerprint density at radius 2 is 2.00 bits per heavy atom. The lowest BCUT2D eigenvalue weighted by Crippen LogP contribution is -1.96. The highest BCUT2D eigenvalue weighted by Gasteiger charge is 2.00. The van der Waals surface area contributed by atoms with Crippen molar-refractivity contribution in [1.29, 1.82) is 0 Å². The van der Waals surface area contributed by atoms with Gasteiger partial charge in [-0.1, -0.05) is 28.1 Å². The van der Waals surface area contributed by atoms with Crippen molar-refractivity contribution in [3.63, 3.8) is 0 Å². The van der Waals surface area contributed by atoms with Crippen LogP contribution in [-0.4, -0.2) is 0 Å². The van der Waals surface area contributed by atoms with Gasteiger partial charge in [-0.25, -0.2) is 4.39 Å². The second kappa shape index (κ2) is 5.32. The van der Waals surface area contributed by atoms with Crippen LogP contribution in [0.2, 0.25) is 0 Å². The van der Waals surface area contributed by atoms with Gasteiger partial charge in [0.05, 0.1) is 0 Å². The molecule has 0 aliphatic carbocycles.